The molecule has 0 unspecified atom stereocenters. The van der Waals surface area contributed by atoms with Crippen LogP contribution in [0.25, 0.3) is 5.57 Å². The van der Waals surface area contributed by atoms with Crippen LogP contribution in [0.5, 0.6) is 11.5 Å². The average molecular weight is 263 g/mol. The first-order valence-corrected chi connectivity index (χ1v) is 5.97. The molecule has 5 nitrogen and oxygen atoms in total. The van der Waals surface area contributed by atoms with Gasteiger partial charge in [0.05, 0.1) is 21.3 Å². The molecule has 0 fully saturated rings. The number of ether oxygens (including phenoxy) is 3. The van der Waals surface area contributed by atoms with Gasteiger partial charge in [-0.3, -0.25) is 4.90 Å². The Balaban J connectivity index is 2.26. The first-order chi connectivity index (χ1) is 9.19. The topological polar surface area (TPSA) is 48.0 Å². The third kappa shape index (κ3) is 2.65. The predicted molar refractivity (Wildman–Crippen MR) is 71.3 cm³/mol. The summed E-state index contributed by atoms with van der Waals surface area (Å²) in [7, 11) is 4.58. The zero-order chi connectivity index (χ0) is 13.8. The summed E-state index contributed by atoms with van der Waals surface area (Å²) >= 11 is 0. The molecular formula is C14H17NO4. The Kier molecular flexibility index (Phi) is 3.94. The molecular weight excluding hydrogens is 246 g/mol. The van der Waals surface area contributed by atoms with Crippen LogP contribution in [0, 0.1) is 0 Å². The van der Waals surface area contributed by atoms with E-state index in [4.69, 9.17) is 14.2 Å². The van der Waals surface area contributed by atoms with Crippen molar-refractivity contribution in [3.05, 3.63) is 30.0 Å². The van der Waals surface area contributed by atoms with Gasteiger partial charge in [0.2, 0.25) is 0 Å². The van der Waals surface area contributed by atoms with Gasteiger partial charge in [0.15, 0.2) is 11.5 Å². The highest BCUT2D eigenvalue weighted by Gasteiger charge is 2.20. The molecule has 1 aromatic carbocycles. The lowest BCUT2D eigenvalue weighted by Gasteiger charge is -2.10. The Labute approximate surface area is 112 Å². The van der Waals surface area contributed by atoms with Crippen molar-refractivity contribution in [1.82, 2.24) is 4.90 Å². The van der Waals surface area contributed by atoms with E-state index in [2.05, 4.69) is 0 Å². The van der Waals surface area contributed by atoms with E-state index >= 15 is 0 Å². The molecule has 1 amide bonds. The van der Waals surface area contributed by atoms with Crippen LogP contribution in [-0.4, -0.2) is 38.9 Å². The lowest BCUT2D eigenvalue weighted by Crippen LogP contribution is -2.22. The van der Waals surface area contributed by atoms with Crippen LogP contribution in [0.4, 0.5) is 4.79 Å². The van der Waals surface area contributed by atoms with E-state index in [1.165, 1.54) is 7.11 Å². The molecule has 1 aliphatic heterocycles. The summed E-state index contributed by atoms with van der Waals surface area (Å²) in [6.45, 7) is 0.635. The molecule has 0 aromatic heterocycles. The maximum atomic E-state index is 11.4. The number of rotatable bonds is 3. The molecule has 19 heavy (non-hydrogen) atoms. The number of nitrogens with zero attached hydrogens (tertiary/aromatic N) is 1. The fourth-order valence-electron chi connectivity index (χ4n) is 2.07. The number of amides is 1. The average Bonchev–Trinajstić information content (AvgIpc) is 2.95. The molecule has 0 spiro atoms. The van der Waals surface area contributed by atoms with Crippen molar-refractivity contribution in [2.45, 2.75) is 6.42 Å². The molecule has 0 atom stereocenters. The Bertz CT molecular complexity index is 510. The monoisotopic (exact) mass is 263 g/mol. The van der Waals surface area contributed by atoms with Gasteiger partial charge in [-0.05, 0) is 29.7 Å². The molecule has 0 saturated carbocycles. The molecule has 0 radical (unpaired) electrons. The van der Waals surface area contributed by atoms with Crippen molar-refractivity contribution in [3.8, 4) is 11.5 Å². The summed E-state index contributed by atoms with van der Waals surface area (Å²) in [4.78, 5) is 13.0. The zero-order valence-corrected chi connectivity index (χ0v) is 11.3. The molecule has 1 heterocycles. The smallest absolute Gasteiger partial charge is 0.413 e. The van der Waals surface area contributed by atoms with Crippen LogP contribution >= 0.6 is 0 Å². The second kappa shape index (κ2) is 5.65. The third-order valence-corrected chi connectivity index (χ3v) is 3.10. The number of carbonyl (C=O) groups is 1. The summed E-state index contributed by atoms with van der Waals surface area (Å²) in [5, 5.41) is 0. The van der Waals surface area contributed by atoms with Gasteiger partial charge in [-0.2, -0.15) is 0 Å². The first-order valence-electron chi connectivity index (χ1n) is 5.97. The maximum absolute atomic E-state index is 11.4. The second-order valence-electron chi connectivity index (χ2n) is 4.14. The molecule has 0 aliphatic carbocycles. The maximum Gasteiger partial charge on any atom is 0.413 e. The van der Waals surface area contributed by atoms with Gasteiger partial charge in [0.1, 0.15) is 0 Å². The number of hydrogen-bond acceptors (Lipinski definition) is 4. The van der Waals surface area contributed by atoms with Gasteiger partial charge in [-0.1, -0.05) is 6.07 Å². The molecule has 2 rings (SSSR count). The van der Waals surface area contributed by atoms with E-state index in [-0.39, 0.29) is 6.09 Å². The second-order valence-corrected chi connectivity index (χ2v) is 4.14. The Morgan fingerprint density at radius 2 is 1.89 bits per heavy atom. The van der Waals surface area contributed by atoms with E-state index < -0.39 is 0 Å². The zero-order valence-electron chi connectivity index (χ0n) is 11.3. The lowest BCUT2D eigenvalue weighted by atomic mass is 10.1. The predicted octanol–water partition coefficient (Wildman–Crippen LogP) is 2.52. The standard InChI is InChI=1S/C14H17NO4/c1-17-12-5-4-10(8-13(12)18-2)11-6-7-15(9-11)14(16)19-3/h4-5,8-9H,6-7H2,1-3H3. The molecule has 102 valence electrons. The van der Waals surface area contributed by atoms with E-state index in [0.29, 0.717) is 18.0 Å². The van der Waals surface area contributed by atoms with Crippen LogP contribution in [-0.2, 0) is 4.74 Å². The number of benzene rings is 1. The van der Waals surface area contributed by atoms with Gasteiger partial charge in [0.25, 0.3) is 0 Å². The summed E-state index contributed by atoms with van der Waals surface area (Å²) < 4.78 is 15.2. The highest BCUT2D eigenvalue weighted by atomic mass is 16.5. The summed E-state index contributed by atoms with van der Waals surface area (Å²) in [6.07, 6.45) is 2.27. The van der Waals surface area contributed by atoms with Gasteiger partial charge >= 0.3 is 6.09 Å². The minimum absolute atomic E-state index is 0.338. The fraction of sp³-hybridized carbons (Fsp3) is 0.357. The molecule has 1 aromatic rings. The van der Waals surface area contributed by atoms with Crippen LogP contribution in [0.3, 0.4) is 0 Å². The Hall–Kier alpha value is -2.17. The Morgan fingerprint density at radius 3 is 2.53 bits per heavy atom. The summed E-state index contributed by atoms with van der Waals surface area (Å²) in [6, 6.07) is 5.72. The van der Waals surface area contributed by atoms with Crippen molar-refractivity contribution in [2.75, 3.05) is 27.9 Å². The minimum atomic E-state index is -0.338. The quantitative estimate of drug-likeness (QED) is 0.840. The van der Waals surface area contributed by atoms with Gasteiger partial charge < -0.3 is 14.2 Å². The van der Waals surface area contributed by atoms with Gasteiger partial charge in [-0.15, -0.1) is 0 Å². The largest absolute Gasteiger partial charge is 0.493 e. The molecule has 0 N–H and O–H groups in total. The molecule has 5 heteroatoms. The summed E-state index contributed by atoms with van der Waals surface area (Å²) in [5.74, 6) is 1.37. The number of carbonyl (C=O) groups excluding carboxylic acids is 1. The van der Waals surface area contributed by atoms with Crippen molar-refractivity contribution in [2.24, 2.45) is 0 Å². The molecule has 1 aliphatic rings. The lowest BCUT2D eigenvalue weighted by molar-refractivity contribution is 0.143. The Morgan fingerprint density at radius 1 is 1.16 bits per heavy atom. The van der Waals surface area contributed by atoms with Crippen molar-refractivity contribution in [1.29, 1.82) is 0 Å². The van der Waals surface area contributed by atoms with E-state index in [0.717, 1.165) is 17.6 Å². The normalized spacial score (nSPS) is 14.1. The van der Waals surface area contributed by atoms with Crippen molar-refractivity contribution in [3.63, 3.8) is 0 Å². The molecule has 0 bridgehead atoms. The third-order valence-electron chi connectivity index (χ3n) is 3.10. The van der Waals surface area contributed by atoms with Crippen molar-refractivity contribution < 1.29 is 19.0 Å². The van der Waals surface area contributed by atoms with Crippen molar-refractivity contribution >= 4 is 11.7 Å². The van der Waals surface area contributed by atoms with Crippen LogP contribution in [0.2, 0.25) is 0 Å². The minimum Gasteiger partial charge on any atom is -0.493 e. The highest BCUT2D eigenvalue weighted by Crippen LogP contribution is 2.33. The first kappa shape index (κ1) is 13.3. The van der Waals surface area contributed by atoms with Crippen LogP contribution in [0.1, 0.15) is 12.0 Å². The van der Waals surface area contributed by atoms with E-state index in [1.807, 2.05) is 24.4 Å². The fourth-order valence-corrected chi connectivity index (χ4v) is 2.07. The van der Waals surface area contributed by atoms with Gasteiger partial charge in [-0.25, -0.2) is 4.79 Å². The van der Waals surface area contributed by atoms with E-state index in [9.17, 15) is 4.79 Å². The highest BCUT2D eigenvalue weighted by molar-refractivity contribution is 5.77. The number of methoxy groups -OCH3 is 3. The van der Waals surface area contributed by atoms with Gasteiger partial charge in [0, 0.05) is 12.7 Å². The van der Waals surface area contributed by atoms with E-state index in [1.54, 1.807) is 19.1 Å². The van der Waals surface area contributed by atoms with Crippen LogP contribution in [0.15, 0.2) is 24.4 Å². The summed E-state index contributed by atoms with van der Waals surface area (Å²) in [5.41, 5.74) is 2.09. The number of hydrogen-bond donors (Lipinski definition) is 0. The SMILES string of the molecule is COC(=O)N1C=C(c2ccc(OC)c(OC)c2)CC1. The molecule has 0 saturated heterocycles. The van der Waals surface area contributed by atoms with Crippen LogP contribution < -0.4 is 9.47 Å².